The summed E-state index contributed by atoms with van der Waals surface area (Å²) in [7, 11) is 0. The second kappa shape index (κ2) is 6.15. The fourth-order valence-corrected chi connectivity index (χ4v) is 2.43. The first-order valence-electron chi connectivity index (χ1n) is 5.72. The van der Waals surface area contributed by atoms with Crippen molar-refractivity contribution in [1.82, 2.24) is 0 Å². The molecule has 0 amide bonds. The Labute approximate surface area is 129 Å². The lowest BCUT2D eigenvalue weighted by Gasteiger charge is -2.12. The van der Waals surface area contributed by atoms with E-state index >= 15 is 0 Å². The monoisotopic (exact) mass is 354 g/mol. The third-order valence-corrected chi connectivity index (χ3v) is 3.49. The van der Waals surface area contributed by atoms with Crippen molar-refractivity contribution in [2.45, 2.75) is 6.92 Å². The minimum Gasteiger partial charge on any atom is -0.455 e. The molecular weight excluding hydrogens is 344 g/mol. The van der Waals surface area contributed by atoms with Gasteiger partial charge in [0.1, 0.15) is 11.5 Å². The van der Waals surface area contributed by atoms with E-state index in [0.717, 1.165) is 10.0 Å². The molecule has 0 radical (unpaired) electrons. The van der Waals surface area contributed by atoms with E-state index in [1.165, 1.54) is 0 Å². The van der Waals surface area contributed by atoms with Gasteiger partial charge in [0.15, 0.2) is 5.84 Å². The zero-order chi connectivity index (χ0) is 14.7. The molecule has 104 valence electrons. The topological polar surface area (TPSA) is 67.8 Å². The predicted molar refractivity (Wildman–Crippen MR) is 82.9 cm³/mol. The second-order valence-corrected chi connectivity index (χ2v) is 5.45. The standard InChI is InChI=1S/C14H12BrClN2O2/c1-8-2-4-12(10(6-8)14(17)18-19)20-13-5-3-9(16)7-11(13)15/h2-7,19H,1H3,(H2,17,18). The molecule has 0 atom stereocenters. The van der Waals surface area contributed by atoms with E-state index in [-0.39, 0.29) is 5.84 Å². The lowest BCUT2D eigenvalue weighted by molar-refractivity contribution is 0.318. The molecule has 0 aliphatic rings. The highest BCUT2D eigenvalue weighted by Crippen LogP contribution is 2.33. The van der Waals surface area contributed by atoms with Crippen molar-refractivity contribution in [2.24, 2.45) is 10.9 Å². The number of nitrogens with two attached hydrogens (primary N) is 1. The Morgan fingerprint density at radius 2 is 1.95 bits per heavy atom. The molecule has 3 N–H and O–H groups in total. The zero-order valence-electron chi connectivity index (χ0n) is 10.6. The predicted octanol–water partition coefficient (Wildman–Crippen LogP) is 4.30. The summed E-state index contributed by atoms with van der Waals surface area (Å²) in [4.78, 5) is 0. The molecule has 2 aromatic carbocycles. The summed E-state index contributed by atoms with van der Waals surface area (Å²) in [5.74, 6) is 1.08. The van der Waals surface area contributed by atoms with Gasteiger partial charge in [0.05, 0.1) is 10.0 Å². The third-order valence-electron chi connectivity index (χ3n) is 2.63. The molecule has 2 rings (SSSR count). The van der Waals surface area contributed by atoms with Crippen molar-refractivity contribution >= 4 is 33.4 Å². The average molecular weight is 356 g/mol. The Morgan fingerprint density at radius 3 is 2.60 bits per heavy atom. The molecule has 0 spiro atoms. The molecule has 0 aromatic heterocycles. The number of halogens is 2. The van der Waals surface area contributed by atoms with Crippen LogP contribution in [0, 0.1) is 6.92 Å². The summed E-state index contributed by atoms with van der Waals surface area (Å²) in [5, 5.41) is 12.5. The molecule has 2 aromatic rings. The van der Waals surface area contributed by atoms with Crippen LogP contribution < -0.4 is 10.5 Å². The van der Waals surface area contributed by atoms with Gasteiger partial charge in [-0.1, -0.05) is 28.4 Å². The molecule has 0 bridgehead atoms. The molecule has 0 heterocycles. The summed E-state index contributed by atoms with van der Waals surface area (Å²) < 4.78 is 6.51. The van der Waals surface area contributed by atoms with Crippen molar-refractivity contribution in [3.63, 3.8) is 0 Å². The maximum absolute atomic E-state index is 8.84. The lowest BCUT2D eigenvalue weighted by atomic mass is 10.1. The van der Waals surface area contributed by atoms with E-state index in [9.17, 15) is 0 Å². The second-order valence-electron chi connectivity index (χ2n) is 4.16. The van der Waals surface area contributed by atoms with Gasteiger partial charge in [0, 0.05) is 5.02 Å². The number of hydrogen-bond acceptors (Lipinski definition) is 3. The number of aryl methyl sites for hydroxylation is 1. The van der Waals surface area contributed by atoms with Crippen molar-refractivity contribution in [1.29, 1.82) is 0 Å². The highest BCUT2D eigenvalue weighted by molar-refractivity contribution is 9.10. The van der Waals surface area contributed by atoms with Crippen molar-refractivity contribution < 1.29 is 9.94 Å². The first-order valence-corrected chi connectivity index (χ1v) is 6.90. The molecule has 0 fully saturated rings. The number of oxime groups is 1. The van der Waals surface area contributed by atoms with Gasteiger partial charge < -0.3 is 15.7 Å². The maximum Gasteiger partial charge on any atom is 0.173 e. The Balaban J connectivity index is 2.43. The highest BCUT2D eigenvalue weighted by Gasteiger charge is 2.11. The first kappa shape index (κ1) is 14.7. The molecule has 4 nitrogen and oxygen atoms in total. The summed E-state index contributed by atoms with van der Waals surface area (Å²) in [5.41, 5.74) is 7.17. The van der Waals surface area contributed by atoms with E-state index in [2.05, 4.69) is 21.1 Å². The van der Waals surface area contributed by atoms with Gasteiger partial charge in [-0.05, 0) is 53.2 Å². The smallest absolute Gasteiger partial charge is 0.173 e. The summed E-state index contributed by atoms with van der Waals surface area (Å²) in [6.07, 6.45) is 0. The van der Waals surface area contributed by atoms with E-state index in [0.29, 0.717) is 22.1 Å². The molecule has 0 unspecified atom stereocenters. The van der Waals surface area contributed by atoms with Crippen molar-refractivity contribution in [3.05, 3.63) is 57.0 Å². The van der Waals surface area contributed by atoms with Crippen LogP contribution in [0.3, 0.4) is 0 Å². The lowest BCUT2D eigenvalue weighted by Crippen LogP contribution is -2.14. The van der Waals surface area contributed by atoms with Crippen LogP contribution in [0.2, 0.25) is 5.02 Å². The molecule has 20 heavy (non-hydrogen) atoms. The average Bonchev–Trinajstić information content (AvgIpc) is 2.42. The van der Waals surface area contributed by atoms with E-state index in [1.807, 2.05) is 13.0 Å². The maximum atomic E-state index is 8.84. The van der Waals surface area contributed by atoms with Crippen LogP contribution in [-0.4, -0.2) is 11.0 Å². The minimum atomic E-state index is -0.00575. The quantitative estimate of drug-likeness (QED) is 0.373. The number of ether oxygens (including phenoxy) is 1. The normalized spacial score (nSPS) is 11.4. The zero-order valence-corrected chi connectivity index (χ0v) is 12.9. The Hall–Kier alpha value is -1.72. The van der Waals surface area contributed by atoms with Gasteiger partial charge in [-0.2, -0.15) is 0 Å². The van der Waals surface area contributed by atoms with Gasteiger partial charge in [-0.25, -0.2) is 0 Å². The Morgan fingerprint density at radius 1 is 1.25 bits per heavy atom. The van der Waals surface area contributed by atoms with Crippen LogP contribution >= 0.6 is 27.5 Å². The van der Waals surface area contributed by atoms with Crippen LogP contribution in [0.5, 0.6) is 11.5 Å². The Bertz CT molecular complexity index is 674. The fourth-order valence-electron chi connectivity index (χ4n) is 1.66. The molecule has 0 saturated carbocycles. The van der Waals surface area contributed by atoms with Gasteiger partial charge >= 0.3 is 0 Å². The minimum absolute atomic E-state index is 0.00575. The molecule has 6 heteroatoms. The summed E-state index contributed by atoms with van der Waals surface area (Å²) in [6, 6.07) is 10.6. The van der Waals surface area contributed by atoms with Crippen LogP contribution in [-0.2, 0) is 0 Å². The van der Waals surface area contributed by atoms with Crippen molar-refractivity contribution in [2.75, 3.05) is 0 Å². The van der Waals surface area contributed by atoms with Gasteiger partial charge in [-0.3, -0.25) is 0 Å². The Kier molecular flexibility index (Phi) is 4.52. The number of benzene rings is 2. The summed E-state index contributed by atoms with van der Waals surface area (Å²) in [6.45, 7) is 1.91. The SMILES string of the molecule is Cc1ccc(Oc2ccc(Cl)cc2Br)c(/C(N)=N/O)c1. The molecule has 0 aliphatic heterocycles. The number of rotatable bonds is 3. The highest BCUT2D eigenvalue weighted by atomic mass is 79.9. The van der Waals surface area contributed by atoms with E-state index < -0.39 is 0 Å². The van der Waals surface area contributed by atoms with E-state index in [1.54, 1.807) is 30.3 Å². The van der Waals surface area contributed by atoms with Crippen LogP contribution in [0.25, 0.3) is 0 Å². The van der Waals surface area contributed by atoms with Crippen LogP contribution in [0.1, 0.15) is 11.1 Å². The van der Waals surface area contributed by atoms with Gasteiger partial charge in [0.25, 0.3) is 0 Å². The molecule has 0 saturated heterocycles. The number of amidine groups is 1. The number of nitrogens with zero attached hydrogens (tertiary/aromatic N) is 1. The fraction of sp³-hybridized carbons (Fsp3) is 0.0714. The van der Waals surface area contributed by atoms with E-state index in [4.69, 9.17) is 27.3 Å². The summed E-state index contributed by atoms with van der Waals surface area (Å²) >= 11 is 9.26. The molecular formula is C14H12BrClN2O2. The number of hydrogen-bond donors (Lipinski definition) is 2. The molecule has 0 aliphatic carbocycles. The first-order chi connectivity index (χ1) is 9.51. The van der Waals surface area contributed by atoms with Crippen molar-refractivity contribution in [3.8, 4) is 11.5 Å². The van der Waals surface area contributed by atoms with Gasteiger partial charge in [-0.15, -0.1) is 0 Å². The largest absolute Gasteiger partial charge is 0.455 e. The van der Waals surface area contributed by atoms with Gasteiger partial charge in [0.2, 0.25) is 0 Å². The third kappa shape index (κ3) is 3.23. The van der Waals surface area contributed by atoms with Crippen LogP contribution in [0.15, 0.2) is 46.0 Å². The van der Waals surface area contributed by atoms with Crippen LogP contribution in [0.4, 0.5) is 0 Å².